The van der Waals surface area contributed by atoms with Gasteiger partial charge in [-0.05, 0) is 25.0 Å². The lowest BCUT2D eigenvalue weighted by Gasteiger charge is -2.26. The molecule has 0 spiro atoms. The highest BCUT2D eigenvalue weighted by atomic mass is 32.1. The molecular formula is C16H19N3OS. The summed E-state index contributed by atoms with van der Waals surface area (Å²) in [4.78, 5) is 20.7. The van der Waals surface area contributed by atoms with Gasteiger partial charge in [0.15, 0.2) is 0 Å². The Morgan fingerprint density at radius 1 is 1.33 bits per heavy atom. The average molecular weight is 301 g/mol. The molecule has 110 valence electrons. The molecule has 1 aliphatic rings. The Morgan fingerprint density at radius 2 is 2.10 bits per heavy atom. The van der Waals surface area contributed by atoms with Gasteiger partial charge in [-0.2, -0.15) is 0 Å². The Kier molecular flexibility index (Phi) is 4.20. The third-order valence-corrected chi connectivity index (χ3v) is 4.41. The van der Waals surface area contributed by atoms with Gasteiger partial charge in [0.25, 0.3) is 0 Å². The maximum absolute atomic E-state index is 12.4. The maximum Gasteiger partial charge on any atom is 0.242 e. The van der Waals surface area contributed by atoms with Crippen molar-refractivity contribution in [2.45, 2.75) is 25.4 Å². The fraction of sp³-hybridized carbons (Fsp3) is 0.375. The van der Waals surface area contributed by atoms with Crippen LogP contribution in [-0.4, -0.2) is 35.4 Å². The number of nitrogens with zero attached hydrogens (tertiary/aromatic N) is 3. The van der Waals surface area contributed by atoms with E-state index in [1.54, 1.807) is 11.3 Å². The zero-order valence-electron chi connectivity index (χ0n) is 12.1. The molecule has 1 aromatic carbocycles. The number of thiazole rings is 1. The maximum atomic E-state index is 12.4. The van der Waals surface area contributed by atoms with Crippen molar-refractivity contribution in [2.75, 3.05) is 18.5 Å². The van der Waals surface area contributed by atoms with Crippen molar-refractivity contribution in [3.8, 4) is 0 Å². The predicted molar refractivity (Wildman–Crippen MR) is 85.4 cm³/mol. The highest BCUT2D eigenvalue weighted by molar-refractivity contribution is 7.07. The van der Waals surface area contributed by atoms with E-state index in [2.05, 4.69) is 9.88 Å². The molecule has 1 saturated carbocycles. The second-order valence-corrected chi connectivity index (χ2v) is 6.13. The van der Waals surface area contributed by atoms with E-state index < -0.39 is 0 Å². The highest BCUT2D eigenvalue weighted by Crippen LogP contribution is 2.26. The van der Waals surface area contributed by atoms with Gasteiger partial charge < -0.3 is 9.80 Å². The van der Waals surface area contributed by atoms with Crippen molar-refractivity contribution in [1.29, 1.82) is 0 Å². The quantitative estimate of drug-likeness (QED) is 0.823. The lowest BCUT2D eigenvalue weighted by molar-refractivity contribution is -0.128. The minimum absolute atomic E-state index is 0.177. The molecule has 0 N–H and O–H groups in total. The van der Waals surface area contributed by atoms with Gasteiger partial charge >= 0.3 is 0 Å². The molecule has 0 saturated heterocycles. The molecule has 1 aromatic heterocycles. The average Bonchev–Trinajstić information content (AvgIpc) is 3.24. The number of rotatable bonds is 6. The van der Waals surface area contributed by atoms with Crippen LogP contribution in [0.4, 0.5) is 5.69 Å². The molecule has 0 bridgehead atoms. The zero-order valence-corrected chi connectivity index (χ0v) is 12.9. The van der Waals surface area contributed by atoms with Crippen LogP contribution in [0.5, 0.6) is 0 Å². The molecule has 2 aromatic rings. The molecule has 0 unspecified atom stereocenters. The first kappa shape index (κ1) is 14.1. The first-order valence-corrected chi connectivity index (χ1v) is 8.11. The molecule has 3 rings (SSSR count). The summed E-state index contributed by atoms with van der Waals surface area (Å²) in [6.07, 6.45) is 2.28. The predicted octanol–water partition coefficient (Wildman–Crippen LogP) is 2.77. The van der Waals surface area contributed by atoms with Gasteiger partial charge in [-0.1, -0.05) is 18.2 Å². The molecule has 0 aliphatic heterocycles. The number of aromatic nitrogens is 1. The van der Waals surface area contributed by atoms with E-state index in [-0.39, 0.29) is 5.91 Å². The molecule has 1 heterocycles. The summed E-state index contributed by atoms with van der Waals surface area (Å²) >= 11 is 1.58. The van der Waals surface area contributed by atoms with E-state index in [0.29, 0.717) is 19.1 Å². The minimum Gasteiger partial charge on any atom is -0.356 e. The van der Waals surface area contributed by atoms with Gasteiger partial charge in [0.2, 0.25) is 5.91 Å². The molecule has 4 nitrogen and oxygen atoms in total. The molecule has 1 aliphatic carbocycles. The fourth-order valence-corrected chi connectivity index (χ4v) is 2.88. The largest absolute Gasteiger partial charge is 0.356 e. The number of amides is 1. The highest BCUT2D eigenvalue weighted by Gasteiger charge is 2.30. The lowest BCUT2D eigenvalue weighted by Crippen LogP contribution is -2.39. The van der Waals surface area contributed by atoms with E-state index in [1.165, 1.54) is 0 Å². The molecule has 1 fully saturated rings. The lowest BCUT2D eigenvalue weighted by atomic mass is 10.2. The molecule has 5 heteroatoms. The zero-order chi connectivity index (χ0) is 14.7. The Bertz CT molecular complexity index is 581. The van der Waals surface area contributed by atoms with Gasteiger partial charge in [0.05, 0.1) is 24.3 Å². The van der Waals surface area contributed by atoms with E-state index in [0.717, 1.165) is 24.2 Å². The Balaban J connectivity index is 1.73. The Morgan fingerprint density at radius 3 is 2.71 bits per heavy atom. The second kappa shape index (κ2) is 6.26. The van der Waals surface area contributed by atoms with Crippen molar-refractivity contribution < 1.29 is 4.79 Å². The number of likely N-dealkylation sites (N-methyl/N-ethyl adjacent to an activating group) is 1. The number of anilines is 1. The minimum atomic E-state index is 0.177. The Labute approximate surface area is 129 Å². The Hall–Kier alpha value is -1.88. The summed E-state index contributed by atoms with van der Waals surface area (Å²) in [7, 11) is 1.91. The second-order valence-electron chi connectivity index (χ2n) is 5.41. The van der Waals surface area contributed by atoms with Gasteiger partial charge in [0.1, 0.15) is 0 Å². The van der Waals surface area contributed by atoms with Crippen LogP contribution in [0.1, 0.15) is 18.5 Å². The van der Waals surface area contributed by atoms with Crippen molar-refractivity contribution in [2.24, 2.45) is 0 Å². The summed E-state index contributed by atoms with van der Waals surface area (Å²) < 4.78 is 0. The van der Waals surface area contributed by atoms with Gasteiger partial charge in [-0.15, -0.1) is 11.3 Å². The first-order chi connectivity index (χ1) is 10.2. The van der Waals surface area contributed by atoms with Gasteiger partial charge in [-0.3, -0.25) is 4.79 Å². The SMILES string of the molecule is CN(C(=O)CN(Cc1cscn1)c1ccccc1)C1CC1. The topological polar surface area (TPSA) is 36.4 Å². The van der Waals surface area contributed by atoms with Crippen LogP contribution in [-0.2, 0) is 11.3 Å². The van der Waals surface area contributed by atoms with Gasteiger partial charge in [0, 0.05) is 24.2 Å². The standard InChI is InChI=1S/C16H19N3OS/c1-18(14-7-8-14)16(20)10-19(9-13-11-21-12-17-13)15-5-3-2-4-6-15/h2-6,11-12,14H,7-10H2,1H3. The number of benzene rings is 1. The van der Waals surface area contributed by atoms with Crippen molar-refractivity contribution >= 4 is 22.9 Å². The van der Waals surface area contributed by atoms with Gasteiger partial charge in [-0.25, -0.2) is 4.98 Å². The summed E-state index contributed by atoms with van der Waals surface area (Å²) in [6.45, 7) is 1.06. The number of carbonyl (C=O) groups is 1. The van der Waals surface area contributed by atoms with Crippen molar-refractivity contribution in [3.63, 3.8) is 0 Å². The molecule has 21 heavy (non-hydrogen) atoms. The van der Waals surface area contributed by atoms with E-state index >= 15 is 0 Å². The summed E-state index contributed by atoms with van der Waals surface area (Å²) in [6, 6.07) is 10.5. The van der Waals surface area contributed by atoms with E-state index in [4.69, 9.17) is 0 Å². The van der Waals surface area contributed by atoms with Crippen LogP contribution in [0.25, 0.3) is 0 Å². The summed E-state index contributed by atoms with van der Waals surface area (Å²) in [5.74, 6) is 0.177. The molecule has 0 radical (unpaired) electrons. The summed E-state index contributed by atoms with van der Waals surface area (Å²) in [5.41, 5.74) is 3.89. The molecule has 1 amide bonds. The summed E-state index contributed by atoms with van der Waals surface area (Å²) in [5, 5.41) is 2.03. The fourth-order valence-electron chi connectivity index (χ4n) is 2.33. The van der Waals surface area contributed by atoms with Crippen molar-refractivity contribution in [1.82, 2.24) is 9.88 Å². The third kappa shape index (κ3) is 3.61. The number of hydrogen-bond donors (Lipinski definition) is 0. The van der Waals surface area contributed by atoms with E-state index in [1.807, 2.05) is 53.2 Å². The van der Waals surface area contributed by atoms with Crippen LogP contribution < -0.4 is 4.90 Å². The van der Waals surface area contributed by atoms with E-state index in [9.17, 15) is 4.79 Å². The van der Waals surface area contributed by atoms with Crippen LogP contribution in [0.2, 0.25) is 0 Å². The molecule has 0 atom stereocenters. The van der Waals surface area contributed by atoms with Crippen molar-refractivity contribution in [3.05, 3.63) is 46.9 Å². The van der Waals surface area contributed by atoms with Crippen LogP contribution in [0, 0.1) is 0 Å². The monoisotopic (exact) mass is 301 g/mol. The number of carbonyl (C=O) groups excluding carboxylic acids is 1. The number of hydrogen-bond acceptors (Lipinski definition) is 4. The number of para-hydroxylation sites is 1. The first-order valence-electron chi connectivity index (χ1n) is 7.17. The van der Waals surface area contributed by atoms with Crippen LogP contribution >= 0.6 is 11.3 Å². The normalized spacial score (nSPS) is 14.0. The van der Waals surface area contributed by atoms with Crippen LogP contribution in [0.3, 0.4) is 0 Å². The third-order valence-electron chi connectivity index (χ3n) is 3.77. The smallest absolute Gasteiger partial charge is 0.242 e. The van der Waals surface area contributed by atoms with Crippen LogP contribution in [0.15, 0.2) is 41.2 Å². The molecular weight excluding hydrogens is 282 g/mol.